The number of aromatic nitrogens is 3. The molecule has 0 saturated carbocycles. The number of hydrogen-bond acceptors (Lipinski definition) is 5. The van der Waals surface area contributed by atoms with Crippen LogP contribution in [0.1, 0.15) is 37.7 Å². The summed E-state index contributed by atoms with van der Waals surface area (Å²) in [5, 5.41) is 0. The smallest absolute Gasteiger partial charge is 0.220 e. The summed E-state index contributed by atoms with van der Waals surface area (Å²) in [6, 6.07) is 0.194. The number of likely N-dealkylation sites (tertiary alicyclic amines) is 1. The lowest BCUT2D eigenvalue weighted by molar-refractivity contribution is -0.132. The van der Waals surface area contributed by atoms with Crippen molar-refractivity contribution in [3.8, 4) is 0 Å². The van der Waals surface area contributed by atoms with E-state index in [4.69, 9.17) is 4.42 Å². The normalized spacial score (nSPS) is 18.2. The average Bonchev–Trinajstić information content (AvgIpc) is 3.27. The van der Waals surface area contributed by atoms with Crippen molar-refractivity contribution in [1.29, 1.82) is 0 Å². The van der Waals surface area contributed by atoms with Gasteiger partial charge in [0.1, 0.15) is 11.6 Å². The van der Waals surface area contributed by atoms with Gasteiger partial charge in [0.05, 0.1) is 19.3 Å². The van der Waals surface area contributed by atoms with E-state index < -0.39 is 0 Å². The first kappa shape index (κ1) is 16.7. The second-order valence-electron chi connectivity index (χ2n) is 6.35. The van der Waals surface area contributed by atoms with Crippen LogP contribution in [0.15, 0.2) is 23.0 Å². The number of oxazole rings is 1. The first-order valence-electron chi connectivity index (χ1n) is 8.46. The molecule has 2 aromatic rings. The van der Waals surface area contributed by atoms with E-state index in [2.05, 4.69) is 14.9 Å². The van der Waals surface area contributed by atoms with E-state index in [9.17, 15) is 4.79 Å². The van der Waals surface area contributed by atoms with Crippen LogP contribution in [0.2, 0.25) is 0 Å². The molecule has 2 aromatic heterocycles. The molecule has 0 N–H and O–H groups in total. The Morgan fingerprint density at radius 1 is 1.46 bits per heavy atom. The Balaban J connectivity index is 1.62. The molecule has 7 heteroatoms. The third-order valence-electron chi connectivity index (χ3n) is 4.63. The van der Waals surface area contributed by atoms with Crippen LogP contribution in [0.5, 0.6) is 0 Å². The second kappa shape index (κ2) is 7.17. The van der Waals surface area contributed by atoms with Crippen LogP contribution in [0.4, 0.5) is 0 Å². The molecule has 1 amide bonds. The van der Waals surface area contributed by atoms with Gasteiger partial charge in [-0.25, -0.2) is 9.97 Å². The van der Waals surface area contributed by atoms with Gasteiger partial charge in [-0.2, -0.15) is 0 Å². The summed E-state index contributed by atoms with van der Waals surface area (Å²) in [6.07, 6.45) is 7.30. The van der Waals surface area contributed by atoms with E-state index in [0.717, 1.165) is 44.1 Å². The summed E-state index contributed by atoms with van der Waals surface area (Å²) in [7, 11) is 2.01. The van der Waals surface area contributed by atoms with E-state index >= 15 is 0 Å². The van der Waals surface area contributed by atoms with Gasteiger partial charge in [-0.3, -0.25) is 9.69 Å². The number of carbonyl (C=O) groups is 1. The molecule has 0 bridgehead atoms. The lowest BCUT2D eigenvalue weighted by Gasteiger charge is -2.27. The zero-order chi connectivity index (χ0) is 17.1. The first-order valence-corrected chi connectivity index (χ1v) is 8.46. The largest absolute Gasteiger partial charge is 0.444 e. The maximum atomic E-state index is 12.1. The van der Waals surface area contributed by atoms with Crippen molar-refractivity contribution in [1.82, 2.24) is 24.3 Å². The van der Waals surface area contributed by atoms with Gasteiger partial charge >= 0.3 is 0 Å². The predicted octanol–water partition coefficient (Wildman–Crippen LogP) is 1.59. The first-order chi connectivity index (χ1) is 11.6. The van der Waals surface area contributed by atoms with Gasteiger partial charge in [0.2, 0.25) is 11.8 Å². The van der Waals surface area contributed by atoms with Gasteiger partial charge < -0.3 is 13.9 Å². The maximum Gasteiger partial charge on any atom is 0.220 e. The third kappa shape index (κ3) is 3.67. The molecule has 1 aliphatic rings. The molecule has 0 radical (unpaired) electrons. The van der Waals surface area contributed by atoms with Crippen molar-refractivity contribution in [3.05, 3.63) is 36.1 Å². The van der Waals surface area contributed by atoms with Crippen molar-refractivity contribution in [3.63, 3.8) is 0 Å². The van der Waals surface area contributed by atoms with E-state index in [-0.39, 0.29) is 11.9 Å². The number of imidazole rings is 1. The van der Waals surface area contributed by atoms with Crippen LogP contribution in [0, 0.1) is 0 Å². The Labute approximate surface area is 142 Å². The molecule has 0 spiro atoms. The number of hydrogen-bond donors (Lipinski definition) is 0. The van der Waals surface area contributed by atoms with E-state index in [1.165, 1.54) is 0 Å². The zero-order valence-corrected chi connectivity index (χ0v) is 14.6. The Morgan fingerprint density at radius 2 is 2.29 bits per heavy atom. The number of carbonyl (C=O) groups excluding carboxylic acids is 1. The quantitative estimate of drug-likeness (QED) is 0.804. The number of nitrogens with zero attached hydrogens (tertiary/aromatic N) is 5. The van der Waals surface area contributed by atoms with Crippen LogP contribution in [-0.2, 0) is 31.4 Å². The molecular weight excluding hydrogens is 306 g/mol. The molecule has 7 nitrogen and oxygen atoms in total. The second-order valence-corrected chi connectivity index (χ2v) is 6.35. The predicted molar refractivity (Wildman–Crippen MR) is 89.0 cm³/mol. The summed E-state index contributed by atoms with van der Waals surface area (Å²) in [5.41, 5.74) is 0. The molecule has 1 saturated heterocycles. The van der Waals surface area contributed by atoms with Crippen molar-refractivity contribution in [2.24, 2.45) is 7.05 Å². The summed E-state index contributed by atoms with van der Waals surface area (Å²) in [5.74, 6) is 2.58. The molecular formula is C17H25N5O2. The summed E-state index contributed by atoms with van der Waals surface area (Å²) in [4.78, 5) is 25.0. The highest BCUT2D eigenvalue weighted by atomic mass is 16.4. The standard InChI is InChI=1S/C17H25N5O2/c1-4-15-9-19-17(24-15)12-22(13(2)23)14-5-7-21(10-14)11-16-18-6-8-20(16)3/h6,8-9,14H,4-5,7,10-12H2,1-3H3/t14-/m1/s1. The van der Waals surface area contributed by atoms with Gasteiger partial charge in [-0.1, -0.05) is 6.92 Å². The molecule has 0 aliphatic carbocycles. The molecule has 1 fully saturated rings. The lowest BCUT2D eigenvalue weighted by Crippen LogP contribution is -2.40. The minimum Gasteiger partial charge on any atom is -0.444 e. The molecule has 24 heavy (non-hydrogen) atoms. The van der Waals surface area contributed by atoms with Gasteiger partial charge in [0, 0.05) is 51.9 Å². The Kier molecular flexibility index (Phi) is 4.99. The van der Waals surface area contributed by atoms with E-state index in [1.807, 2.05) is 35.8 Å². The lowest BCUT2D eigenvalue weighted by atomic mass is 10.2. The topological polar surface area (TPSA) is 67.4 Å². The minimum atomic E-state index is 0.0649. The van der Waals surface area contributed by atoms with E-state index in [0.29, 0.717) is 12.4 Å². The van der Waals surface area contributed by atoms with Gasteiger partial charge in [0.15, 0.2) is 0 Å². The Bertz CT molecular complexity index is 693. The number of amides is 1. The average molecular weight is 331 g/mol. The molecule has 130 valence electrons. The summed E-state index contributed by atoms with van der Waals surface area (Å²) in [6.45, 7) is 6.71. The molecule has 0 aromatic carbocycles. The molecule has 1 atom stereocenters. The fourth-order valence-electron chi connectivity index (χ4n) is 3.19. The fraction of sp³-hybridized carbons (Fsp3) is 0.588. The van der Waals surface area contributed by atoms with Crippen molar-refractivity contribution in [2.75, 3.05) is 13.1 Å². The number of aryl methyl sites for hydroxylation is 2. The van der Waals surface area contributed by atoms with Crippen LogP contribution in [0.25, 0.3) is 0 Å². The number of rotatable bonds is 6. The third-order valence-corrected chi connectivity index (χ3v) is 4.63. The molecule has 3 heterocycles. The van der Waals surface area contributed by atoms with Crippen LogP contribution in [0.3, 0.4) is 0 Å². The summed E-state index contributed by atoms with van der Waals surface area (Å²) >= 11 is 0. The maximum absolute atomic E-state index is 12.1. The van der Waals surface area contributed by atoms with Gasteiger partial charge in [-0.05, 0) is 6.42 Å². The van der Waals surface area contributed by atoms with Crippen molar-refractivity contribution in [2.45, 2.75) is 45.8 Å². The summed E-state index contributed by atoms with van der Waals surface area (Å²) < 4.78 is 7.71. The molecule has 0 unspecified atom stereocenters. The zero-order valence-electron chi connectivity index (χ0n) is 14.6. The van der Waals surface area contributed by atoms with Gasteiger partial charge in [0.25, 0.3) is 0 Å². The minimum absolute atomic E-state index is 0.0649. The SMILES string of the molecule is CCc1cnc(CN(C(C)=O)[C@@H]2CCN(Cc3nccn3C)C2)o1. The van der Waals surface area contributed by atoms with E-state index in [1.54, 1.807) is 13.1 Å². The van der Waals surface area contributed by atoms with Crippen LogP contribution in [-0.4, -0.2) is 49.4 Å². The Hall–Kier alpha value is -2.15. The molecule has 3 rings (SSSR count). The Morgan fingerprint density at radius 3 is 2.92 bits per heavy atom. The van der Waals surface area contributed by atoms with Crippen LogP contribution < -0.4 is 0 Å². The van der Waals surface area contributed by atoms with Gasteiger partial charge in [-0.15, -0.1) is 0 Å². The van der Waals surface area contributed by atoms with Crippen molar-refractivity contribution >= 4 is 5.91 Å². The highest BCUT2D eigenvalue weighted by molar-refractivity contribution is 5.73. The highest BCUT2D eigenvalue weighted by Crippen LogP contribution is 2.20. The monoisotopic (exact) mass is 331 g/mol. The van der Waals surface area contributed by atoms with Crippen LogP contribution >= 0.6 is 0 Å². The highest BCUT2D eigenvalue weighted by Gasteiger charge is 2.30. The van der Waals surface area contributed by atoms with Crippen molar-refractivity contribution < 1.29 is 9.21 Å². The fourth-order valence-corrected chi connectivity index (χ4v) is 3.19. The molecule has 1 aliphatic heterocycles.